The summed E-state index contributed by atoms with van der Waals surface area (Å²) in [7, 11) is 0. The van der Waals surface area contributed by atoms with Crippen molar-refractivity contribution in [3.05, 3.63) is 29.8 Å². The van der Waals surface area contributed by atoms with E-state index in [1.54, 1.807) is 6.07 Å². The second kappa shape index (κ2) is 9.72. The molecule has 2 heteroatoms. The summed E-state index contributed by atoms with van der Waals surface area (Å²) in [6, 6.07) is 9.98. The summed E-state index contributed by atoms with van der Waals surface area (Å²) in [4.78, 5) is 0. The van der Waals surface area contributed by atoms with Crippen LogP contribution in [0.25, 0.3) is 0 Å². The van der Waals surface area contributed by atoms with E-state index in [1.807, 2.05) is 12.1 Å². The zero-order valence-corrected chi connectivity index (χ0v) is 11.4. The number of aryl methyl sites for hydroxylation is 1. The van der Waals surface area contributed by atoms with Gasteiger partial charge in [-0.1, -0.05) is 31.5 Å². The van der Waals surface area contributed by atoms with Gasteiger partial charge in [0, 0.05) is 6.92 Å². The molecule has 0 aromatic heterocycles. The van der Waals surface area contributed by atoms with E-state index in [0.29, 0.717) is 0 Å². The first-order valence-corrected chi connectivity index (χ1v) is 6.10. The minimum Gasteiger partial charge on any atom is -0.494 e. The third-order valence-electron chi connectivity index (χ3n) is 2.22. The van der Waals surface area contributed by atoms with Crippen LogP contribution in [-0.4, -0.2) is 6.61 Å². The molecule has 0 aliphatic carbocycles. The van der Waals surface area contributed by atoms with Crippen LogP contribution in [-0.2, 0) is 0 Å². The largest absolute Gasteiger partial charge is 0.494 e. The van der Waals surface area contributed by atoms with Gasteiger partial charge in [0.25, 0.3) is 0 Å². The van der Waals surface area contributed by atoms with E-state index in [-0.39, 0.29) is 0 Å². The van der Waals surface area contributed by atoms with Crippen LogP contribution in [0.1, 0.15) is 39.2 Å². The lowest BCUT2D eigenvalue weighted by Gasteiger charge is -2.07. The first kappa shape index (κ1) is 15.5. The van der Waals surface area contributed by atoms with E-state index in [9.17, 15) is 0 Å². The highest BCUT2D eigenvalue weighted by molar-refractivity contribution is 5.26. The van der Waals surface area contributed by atoms with Crippen molar-refractivity contribution in [1.82, 2.24) is 0 Å². The van der Waals surface area contributed by atoms with Crippen molar-refractivity contribution in [3.8, 4) is 11.8 Å². The summed E-state index contributed by atoms with van der Waals surface area (Å²) in [5, 5.41) is 7.32. The highest BCUT2D eigenvalue weighted by atomic mass is 16.5. The summed E-state index contributed by atoms with van der Waals surface area (Å²) < 4.78 is 5.61. The van der Waals surface area contributed by atoms with Gasteiger partial charge in [-0.2, -0.15) is 5.26 Å². The quantitative estimate of drug-likeness (QED) is 0.709. The molecule has 2 nitrogen and oxygen atoms in total. The van der Waals surface area contributed by atoms with Crippen molar-refractivity contribution >= 4 is 0 Å². The number of hydrogen-bond donors (Lipinski definition) is 0. The molecule has 0 bridgehead atoms. The van der Waals surface area contributed by atoms with Crippen LogP contribution in [0.5, 0.6) is 5.75 Å². The average molecular weight is 233 g/mol. The Kier molecular flexibility index (Phi) is 8.86. The van der Waals surface area contributed by atoms with E-state index in [4.69, 9.17) is 10.00 Å². The molecule has 0 unspecified atom stereocenters. The molecule has 1 aromatic rings. The monoisotopic (exact) mass is 233 g/mol. The van der Waals surface area contributed by atoms with E-state index in [1.165, 1.54) is 18.9 Å². The van der Waals surface area contributed by atoms with Gasteiger partial charge >= 0.3 is 0 Å². The molecule has 0 N–H and O–H groups in total. The predicted molar refractivity (Wildman–Crippen MR) is 72.0 cm³/mol. The first-order chi connectivity index (χ1) is 8.10. The third kappa shape index (κ3) is 9.44. The van der Waals surface area contributed by atoms with Crippen molar-refractivity contribution in [1.29, 1.82) is 5.26 Å². The number of benzene rings is 1. The topological polar surface area (TPSA) is 33.0 Å². The molecular formula is C15H23NO. The molecule has 0 spiro atoms. The molecule has 0 aliphatic heterocycles. The molecule has 0 radical (unpaired) electrons. The van der Waals surface area contributed by atoms with Crippen molar-refractivity contribution in [3.63, 3.8) is 0 Å². The lowest BCUT2D eigenvalue weighted by Crippen LogP contribution is -1.99. The summed E-state index contributed by atoms with van der Waals surface area (Å²) in [6.07, 6.45) is 2.39. The Bertz CT molecular complexity index is 322. The molecule has 0 aliphatic rings. The molecule has 0 saturated heterocycles. The Morgan fingerprint density at radius 3 is 2.24 bits per heavy atom. The molecule has 0 fully saturated rings. The number of nitrogens with zero attached hydrogens (tertiary/aromatic N) is 1. The van der Waals surface area contributed by atoms with Crippen LogP contribution in [0.2, 0.25) is 0 Å². The fraction of sp³-hybridized carbons (Fsp3) is 0.533. The maximum Gasteiger partial charge on any atom is 0.119 e. The normalized spacial score (nSPS) is 9.18. The van der Waals surface area contributed by atoms with E-state index in [2.05, 4.69) is 32.9 Å². The third-order valence-corrected chi connectivity index (χ3v) is 2.22. The number of nitriles is 1. The van der Waals surface area contributed by atoms with E-state index >= 15 is 0 Å². The number of hydrogen-bond acceptors (Lipinski definition) is 2. The van der Waals surface area contributed by atoms with E-state index < -0.39 is 0 Å². The Morgan fingerprint density at radius 1 is 1.24 bits per heavy atom. The SMILES string of the molecule is CC#N.Cc1ccc(OCCCC(C)C)cc1. The average Bonchev–Trinajstić information content (AvgIpc) is 2.28. The second-order valence-electron chi connectivity index (χ2n) is 4.42. The van der Waals surface area contributed by atoms with Gasteiger partial charge < -0.3 is 4.74 Å². The maximum absolute atomic E-state index is 7.32. The van der Waals surface area contributed by atoms with Crippen molar-refractivity contribution < 1.29 is 4.74 Å². The van der Waals surface area contributed by atoms with Gasteiger partial charge in [-0.15, -0.1) is 0 Å². The molecule has 1 aromatic carbocycles. The Balaban J connectivity index is 0.000000770. The Labute approximate surface area is 105 Å². The summed E-state index contributed by atoms with van der Waals surface area (Å²) in [5.74, 6) is 1.76. The van der Waals surface area contributed by atoms with Crippen molar-refractivity contribution in [2.75, 3.05) is 6.61 Å². The van der Waals surface area contributed by atoms with Crippen LogP contribution >= 0.6 is 0 Å². The Morgan fingerprint density at radius 2 is 1.76 bits per heavy atom. The van der Waals surface area contributed by atoms with Gasteiger partial charge in [0.05, 0.1) is 12.7 Å². The minimum atomic E-state index is 0.775. The fourth-order valence-corrected chi connectivity index (χ4v) is 1.32. The zero-order chi connectivity index (χ0) is 13.1. The molecule has 0 atom stereocenters. The van der Waals surface area contributed by atoms with Crippen LogP contribution in [0, 0.1) is 24.2 Å². The highest BCUT2D eigenvalue weighted by Gasteiger charge is 1.95. The lowest BCUT2D eigenvalue weighted by molar-refractivity contribution is 0.297. The van der Waals surface area contributed by atoms with Crippen LogP contribution in [0.4, 0.5) is 0 Å². The molecule has 0 heterocycles. The van der Waals surface area contributed by atoms with Crippen LogP contribution in [0.15, 0.2) is 24.3 Å². The molecule has 94 valence electrons. The van der Waals surface area contributed by atoms with Crippen molar-refractivity contribution in [2.45, 2.75) is 40.5 Å². The molecule has 1 rings (SSSR count). The number of rotatable bonds is 5. The van der Waals surface area contributed by atoms with Gasteiger partial charge in [-0.3, -0.25) is 0 Å². The first-order valence-electron chi connectivity index (χ1n) is 6.10. The van der Waals surface area contributed by atoms with Crippen LogP contribution < -0.4 is 4.74 Å². The second-order valence-corrected chi connectivity index (χ2v) is 4.42. The van der Waals surface area contributed by atoms with Gasteiger partial charge in [-0.25, -0.2) is 0 Å². The van der Waals surface area contributed by atoms with Gasteiger partial charge in [-0.05, 0) is 37.8 Å². The fourth-order valence-electron chi connectivity index (χ4n) is 1.32. The molecule has 17 heavy (non-hydrogen) atoms. The maximum atomic E-state index is 7.32. The summed E-state index contributed by atoms with van der Waals surface area (Å²) >= 11 is 0. The highest BCUT2D eigenvalue weighted by Crippen LogP contribution is 2.12. The summed E-state index contributed by atoms with van der Waals surface area (Å²) in [6.45, 7) is 8.83. The zero-order valence-electron chi connectivity index (χ0n) is 11.4. The smallest absolute Gasteiger partial charge is 0.119 e. The van der Waals surface area contributed by atoms with Gasteiger partial charge in [0.1, 0.15) is 5.75 Å². The van der Waals surface area contributed by atoms with Gasteiger partial charge in [0.2, 0.25) is 0 Å². The molecular weight excluding hydrogens is 210 g/mol. The number of ether oxygens (including phenoxy) is 1. The van der Waals surface area contributed by atoms with E-state index in [0.717, 1.165) is 24.7 Å². The predicted octanol–water partition coefficient (Wildman–Crippen LogP) is 4.34. The molecule has 0 saturated carbocycles. The van der Waals surface area contributed by atoms with Gasteiger partial charge in [0.15, 0.2) is 0 Å². The molecule has 0 amide bonds. The van der Waals surface area contributed by atoms with Crippen LogP contribution in [0.3, 0.4) is 0 Å². The Hall–Kier alpha value is -1.49. The standard InChI is InChI=1S/C13H20O.C2H3N/c1-11(2)5-4-10-14-13-8-6-12(3)7-9-13;1-2-3/h6-9,11H,4-5,10H2,1-3H3;1H3. The lowest BCUT2D eigenvalue weighted by atomic mass is 10.1. The van der Waals surface area contributed by atoms with Crippen molar-refractivity contribution in [2.24, 2.45) is 5.92 Å². The summed E-state index contributed by atoms with van der Waals surface area (Å²) in [5.41, 5.74) is 1.28. The minimum absolute atomic E-state index is 0.775.